The SMILES string of the molecule is Cc1ccccc1C(=O)N1CCCCCCN(C)C(=O)c2ccccc2O[C@H]2CCCC[C@H]21. The molecule has 4 rings (SSSR count). The summed E-state index contributed by atoms with van der Waals surface area (Å²) in [5.41, 5.74) is 2.40. The standard InChI is InChI=1S/C28H36N2O3/c1-21-13-5-6-14-22(21)28(32)30-20-12-4-3-11-19-29(2)27(31)23-15-7-9-17-25(23)33-26-18-10-8-16-24(26)30/h5-7,9,13-15,17,24,26H,3-4,8,10-12,16,18-20H2,1-2H3/t24-,26+/m1/s1. The number of para-hydroxylation sites is 1. The van der Waals surface area contributed by atoms with Gasteiger partial charge >= 0.3 is 0 Å². The Bertz CT molecular complexity index is 973. The zero-order chi connectivity index (χ0) is 23.2. The first kappa shape index (κ1) is 23.3. The summed E-state index contributed by atoms with van der Waals surface area (Å²) in [6.07, 6.45) is 7.89. The van der Waals surface area contributed by atoms with E-state index in [4.69, 9.17) is 4.74 Å². The third-order valence-electron chi connectivity index (χ3n) is 7.09. The van der Waals surface area contributed by atoms with Crippen molar-refractivity contribution in [2.45, 2.75) is 70.4 Å². The largest absolute Gasteiger partial charge is 0.487 e. The number of aryl methyl sites for hydroxylation is 1. The fourth-order valence-electron chi connectivity index (χ4n) is 5.16. The molecule has 1 aliphatic carbocycles. The van der Waals surface area contributed by atoms with Gasteiger partial charge in [0, 0.05) is 25.7 Å². The Kier molecular flexibility index (Phi) is 7.69. The van der Waals surface area contributed by atoms with Crippen LogP contribution >= 0.6 is 0 Å². The van der Waals surface area contributed by atoms with Gasteiger partial charge in [-0.1, -0.05) is 49.6 Å². The van der Waals surface area contributed by atoms with Crippen LogP contribution in [-0.2, 0) is 0 Å². The summed E-state index contributed by atoms with van der Waals surface area (Å²) >= 11 is 0. The highest BCUT2D eigenvalue weighted by atomic mass is 16.5. The molecule has 1 fully saturated rings. The number of rotatable bonds is 1. The summed E-state index contributed by atoms with van der Waals surface area (Å²) in [5, 5.41) is 0. The summed E-state index contributed by atoms with van der Waals surface area (Å²) in [4.78, 5) is 30.8. The Balaban J connectivity index is 1.69. The van der Waals surface area contributed by atoms with E-state index in [1.54, 1.807) is 4.90 Å². The van der Waals surface area contributed by atoms with E-state index in [9.17, 15) is 9.59 Å². The second-order valence-electron chi connectivity index (χ2n) is 9.46. The molecule has 5 nitrogen and oxygen atoms in total. The van der Waals surface area contributed by atoms with Gasteiger partial charge < -0.3 is 14.5 Å². The fourth-order valence-corrected chi connectivity index (χ4v) is 5.16. The lowest BCUT2D eigenvalue weighted by molar-refractivity contribution is 0.0267. The molecule has 0 spiro atoms. The molecule has 5 heteroatoms. The molecule has 0 radical (unpaired) electrons. The van der Waals surface area contributed by atoms with E-state index in [0.29, 0.717) is 11.3 Å². The highest BCUT2D eigenvalue weighted by Crippen LogP contribution is 2.31. The van der Waals surface area contributed by atoms with Crippen LogP contribution in [0.5, 0.6) is 5.75 Å². The van der Waals surface area contributed by atoms with Gasteiger partial charge in [0.05, 0.1) is 11.6 Å². The molecule has 1 heterocycles. The maximum absolute atomic E-state index is 13.8. The number of fused-ring (bicyclic) bond motifs is 2. The first-order valence-corrected chi connectivity index (χ1v) is 12.4. The zero-order valence-corrected chi connectivity index (χ0v) is 20.0. The van der Waals surface area contributed by atoms with Gasteiger partial charge in [0.1, 0.15) is 11.9 Å². The Hall–Kier alpha value is -2.82. The highest BCUT2D eigenvalue weighted by molar-refractivity contribution is 5.97. The lowest BCUT2D eigenvalue weighted by Gasteiger charge is -2.40. The normalized spacial score (nSPS) is 22.5. The number of hydrogen-bond acceptors (Lipinski definition) is 3. The molecule has 33 heavy (non-hydrogen) atoms. The predicted molar refractivity (Wildman–Crippen MR) is 131 cm³/mol. The molecular formula is C28H36N2O3. The zero-order valence-electron chi connectivity index (χ0n) is 20.0. The molecule has 0 saturated heterocycles. The minimum absolute atomic E-state index is 0.00265. The first-order valence-electron chi connectivity index (χ1n) is 12.4. The smallest absolute Gasteiger partial charge is 0.257 e. The molecule has 2 aromatic rings. The summed E-state index contributed by atoms with van der Waals surface area (Å²) in [7, 11) is 1.87. The lowest BCUT2D eigenvalue weighted by atomic mass is 9.90. The van der Waals surface area contributed by atoms with E-state index in [1.165, 1.54) is 0 Å². The van der Waals surface area contributed by atoms with Crippen molar-refractivity contribution in [1.29, 1.82) is 0 Å². The Labute approximate surface area is 197 Å². The van der Waals surface area contributed by atoms with Crippen LogP contribution in [0.4, 0.5) is 0 Å². The molecule has 0 aromatic heterocycles. The van der Waals surface area contributed by atoms with Gasteiger partial charge in [-0.2, -0.15) is 0 Å². The molecule has 176 valence electrons. The maximum atomic E-state index is 13.8. The van der Waals surface area contributed by atoms with Crippen molar-refractivity contribution in [3.05, 3.63) is 65.2 Å². The molecule has 2 aromatic carbocycles. The minimum Gasteiger partial charge on any atom is -0.487 e. The quantitative estimate of drug-likeness (QED) is 0.581. The summed E-state index contributed by atoms with van der Waals surface area (Å²) in [6, 6.07) is 15.4. The minimum atomic E-state index is -0.117. The lowest BCUT2D eigenvalue weighted by Crippen LogP contribution is -2.51. The molecule has 0 N–H and O–H groups in total. The number of ether oxygens (including phenoxy) is 1. The molecule has 2 aliphatic rings. The number of hydrogen-bond donors (Lipinski definition) is 0. The van der Waals surface area contributed by atoms with Gasteiger partial charge in [0.15, 0.2) is 0 Å². The molecule has 0 bridgehead atoms. The van der Waals surface area contributed by atoms with Crippen molar-refractivity contribution in [2.24, 2.45) is 0 Å². The Morgan fingerprint density at radius 1 is 0.879 bits per heavy atom. The second-order valence-corrected chi connectivity index (χ2v) is 9.46. The number of benzene rings is 2. The van der Waals surface area contributed by atoms with Crippen LogP contribution < -0.4 is 4.74 Å². The summed E-state index contributed by atoms with van der Waals surface area (Å²) in [6.45, 7) is 3.48. The Morgan fingerprint density at radius 2 is 1.58 bits per heavy atom. The number of amides is 2. The van der Waals surface area contributed by atoms with E-state index in [2.05, 4.69) is 4.90 Å². The maximum Gasteiger partial charge on any atom is 0.257 e. The molecule has 1 aliphatic heterocycles. The van der Waals surface area contributed by atoms with Crippen LogP contribution in [0, 0.1) is 6.92 Å². The second kappa shape index (κ2) is 10.9. The van der Waals surface area contributed by atoms with E-state index in [-0.39, 0.29) is 24.0 Å². The molecule has 1 saturated carbocycles. The third-order valence-corrected chi connectivity index (χ3v) is 7.09. The fraction of sp³-hybridized carbons (Fsp3) is 0.500. The van der Waals surface area contributed by atoms with Gasteiger partial charge in [-0.25, -0.2) is 0 Å². The van der Waals surface area contributed by atoms with Crippen LogP contribution in [-0.4, -0.2) is 53.9 Å². The average molecular weight is 449 g/mol. The van der Waals surface area contributed by atoms with Crippen LogP contribution in [0.25, 0.3) is 0 Å². The summed E-state index contributed by atoms with van der Waals surface area (Å²) < 4.78 is 6.57. The first-order chi connectivity index (χ1) is 16.1. The van der Waals surface area contributed by atoms with E-state index in [1.807, 2.05) is 62.5 Å². The number of carbonyl (C=O) groups excluding carboxylic acids is 2. The van der Waals surface area contributed by atoms with Crippen molar-refractivity contribution >= 4 is 11.8 Å². The van der Waals surface area contributed by atoms with Crippen molar-refractivity contribution in [3.8, 4) is 5.75 Å². The number of carbonyl (C=O) groups is 2. The van der Waals surface area contributed by atoms with Crippen molar-refractivity contribution in [3.63, 3.8) is 0 Å². The highest BCUT2D eigenvalue weighted by Gasteiger charge is 2.35. The van der Waals surface area contributed by atoms with Gasteiger partial charge in [-0.05, 0) is 62.8 Å². The van der Waals surface area contributed by atoms with Crippen LogP contribution in [0.1, 0.15) is 77.6 Å². The van der Waals surface area contributed by atoms with Crippen molar-refractivity contribution < 1.29 is 14.3 Å². The van der Waals surface area contributed by atoms with Crippen LogP contribution in [0.15, 0.2) is 48.5 Å². The van der Waals surface area contributed by atoms with Crippen LogP contribution in [0.3, 0.4) is 0 Å². The van der Waals surface area contributed by atoms with Gasteiger partial charge in [0.2, 0.25) is 0 Å². The predicted octanol–water partition coefficient (Wildman–Crippen LogP) is 5.47. The average Bonchev–Trinajstić information content (AvgIpc) is 2.83. The molecule has 2 atom stereocenters. The van der Waals surface area contributed by atoms with Crippen molar-refractivity contribution in [2.75, 3.05) is 20.1 Å². The van der Waals surface area contributed by atoms with Crippen LogP contribution in [0.2, 0.25) is 0 Å². The Morgan fingerprint density at radius 3 is 2.39 bits per heavy atom. The van der Waals surface area contributed by atoms with Gasteiger partial charge in [0.25, 0.3) is 11.8 Å². The summed E-state index contributed by atoms with van der Waals surface area (Å²) in [5.74, 6) is 0.735. The third kappa shape index (κ3) is 5.40. The van der Waals surface area contributed by atoms with E-state index >= 15 is 0 Å². The molecule has 2 amide bonds. The van der Waals surface area contributed by atoms with E-state index < -0.39 is 0 Å². The number of nitrogens with zero attached hydrogens (tertiary/aromatic N) is 2. The molecule has 0 unspecified atom stereocenters. The van der Waals surface area contributed by atoms with Gasteiger partial charge in [-0.15, -0.1) is 0 Å². The topological polar surface area (TPSA) is 49.9 Å². The monoisotopic (exact) mass is 448 g/mol. The van der Waals surface area contributed by atoms with Crippen molar-refractivity contribution in [1.82, 2.24) is 9.80 Å². The van der Waals surface area contributed by atoms with E-state index in [0.717, 1.165) is 75.6 Å². The van der Waals surface area contributed by atoms with Gasteiger partial charge in [-0.3, -0.25) is 9.59 Å². The molecular weight excluding hydrogens is 412 g/mol.